The third-order valence-electron chi connectivity index (χ3n) is 2.70. The molecule has 110 valence electrons. The summed E-state index contributed by atoms with van der Waals surface area (Å²) in [5.41, 5.74) is -1.66. The minimum atomic E-state index is -1.17. The van der Waals surface area contributed by atoms with Gasteiger partial charge in [0.2, 0.25) is 5.82 Å². The Morgan fingerprint density at radius 3 is 2.57 bits per heavy atom. The fourth-order valence-corrected chi connectivity index (χ4v) is 2.12. The first-order chi connectivity index (χ1) is 9.88. The van der Waals surface area contributed by atoms with E-state index in [9.17, 15) is 23.7 Å². The third-order valence-corrected chi connectivity index (χ3v) is 3.31. The smallest absolute Gasteiger partial charge is 0.355 e. The van der Waals surface area contributed by atoms with Crippen LogP contribution in [-0.4, -0.2) is 22.6 Å². The van der Waals surface area contributed by atoms with E-state index in [2.05, 4.69) is 20.7 Å². The monoisotopic (exact) mass is 360 g/mol. The highest BCUT2D eigenvalue weighted by atomic mass is 79.9. The predicted molar refractivity (Wildman–Crippen MR) is 71.4 cm³/mol. The Kier molecular flexibility index (Phi) is 4.03. The molecule has 0 spiro atoms. The minimum absolute atomic E-state index is 0.148. The lowest BCUT2D eigenvalue weighted by atomic mass is 10.2. The van der Waals surface area contributed by atoms with Crippen molar-refractivity contribution in [3.8, 4) is 5.69 Å². The SMILES string of the molecule is COC(=O)c1ccc(F)n1-c1ccc(Br)c(F)c1[N+](=O)[O-]. The van der Waals surface area contributed by atoms with Crippen molar-refractivity contribution in [3.63, 3.8) is 0 Å². The van der Waals surface area contributed by atoms with E-state index in [0.717, 1.165) is 25.3 Å². The zero-order valence-corrected chi connectivity index (χ0v) is 12.1. The van der Waals surface area contributed by atoms with E-state index in [1.165, 1.54) is 6.07 Å². The quantitative estimate of drug-likeness (QED) is 0.478. The van der Waals surface area contributed by atoms with E-state index >= 15 is 0 Å². The van der Waals surface area contributed by atoms with Crippen LogP contribution in [0.1, 0.15) is 10.5 Å². The number of carbonyl (C=O) groups excluding carboxylic acids is 1. The van der Waals surface area contributed by atoms with Crippen molar-refractivity contribution in [2.45, 2.75) is 0 Å². The van der Waals surface area contributed by atoms with Gasteiger partial charge in [0.15, 0.2) is 5.95 Å². The molecule has 21 heavy (non-hydrogen) atoms. The highest BCUT2D eigenvalue weighted by Gasteiger charge is 2.28. The van der Waals surface area contributed by atoms with E-state index in [1.54, 1.807) is 0 Å². The first-order valence-corrected chi connectivity index (χ1v) is 6.26. The van der Waals surface area contributed by atoms with Crippen LogP contribution in [0.2, 0.25) is 0 Å². The zero-order valence-electron chi connectivity index (χ0n) is 10.5. The number of hydrogen-bond acceptors (Lipinski definition) is 4. The average molecular weight is 361 g/mol. The van der Waals surface area contributed by atoms with Gasteiger partial charge in [0.05, 0.1) is 16.5 Å². The van der Waals surface area contributed by atoms with Crippen molar-refractivity contribution >= 4 is 27.6 Å². The van der Waals surface area contributed by atoms with Gasteiger partial charge in [-0.1, -0.05) is 0 Å². The molecule has 0 aliphatic heterocycles. The highest BCUT2D eigenvalue weighted by Crippen LogP contribution is 2.33. The summed E-state index contributed by atoms with van der Waals surface area (Å²) in [6.07, 6.45) is 0. The lowest BCUT2D eigenvalue weighted by molar-refractivity contribution is -0.387. The summed E-state index contributed by atoms with van der Waals surface area (Å²) in [7, 11) is 1.08. The standard InChI is InChI=1S/C12H7BrF2N2O4/c1-21-12(18)8-4-5-9(14)16(8)7-3-2-6(13)10(15)11(7)17(19)20/h2-5H,1H3. The number of aromatic nitrogens is 1. The second-order valence-electron chi connectivity index (χ2n) is 3.85. The van der Waals surface area contributed by atoms with Crippen LogP contribution in [0.4, 0.5) is 14.5 Å². The largest absolute Gasteiger partial charge is 0.464 e. The molecular formula is C12H7BrF2N2O4. The summed E-state index contributed by atoms with van der Waals surface area (Å²) in [4.78, 5) is 21.6. The molecule has 0 aliphatic rings. The van der Waals surface area contributed by atoms with Gasteiger partial charge in [-0.05, 0) is 40.2 Å². The van der Waals surface area contributed by atoms with Crippen LogP contribution in [-0.2, 0) is 4.74 Å². The number of esters is 1. The van der Waals surface area contributed by atoms with Crippen LogP contribution in [0.5, 0.6) is 0 Å². The normalized spacial score (nSPS) is 10.5. The summed E-state index contributed by atoms with van der Waals surface area (Å²) in [5.74, 6) is -3.03. The molecule has 0 aliphatic carbocycles. The van der Waals surface area contributed by atoms with Crippen molar-refractivity contribution in [2.24, 2.45) is 0 Å². The second kappa shape index (κ2) is 5.60. The second-order valence-corrected chi connectivity index (χ2v) is 4.71. The molecule has 0 unspecified atom stereocenters. The molecule has 0 saturated heterocycles. The van der Waals surface area contributed by atoms with E-state index in [-0.39, 0.29) is 10.2 Å². The molecule has 0 N–H and O–H groups in total. The Hall–Kier alpha value is -2.29. The summed E-state index contributed by atoms with van der Waals surface area (Å²) in [6.45, 7) is 0. The summed E-state index contributed by atoms with van der Waals surface area (Å²) >= 11 is 2.82. The van der Waals surface area contributed by atoms with Crippen molar-refractivity contribution in [3.05, 3.63) is 56.3 Å². The molecule has 9 heteroatoms. The van der Waals surface area contributed by atoms with Gasteiger partial charge < -0.3 is 4.74 Å². The fourth-order valence-electron chi connectivity index (χ4n) is 1.80. The van der Waals surface area contributed by atoms with Crippen molar-refractivity contribution in [1.29, 1.82) is 0 Å². The number of nitro benzene ring substituents is 1. The molecule has 0 bridgehead atoms. The third kappa shape index (κ3) is 2.51. The summed E-state index contributed by atoms with van der Waals surface area (Å²) in [5, 5.41) is 11.0. The van der Waals surface area contributed by atoms with Crippen LogP contribution in [0.25, 0.3) is 5.69 Å². The van der Waals surface area contributed by atoms with Crippen molar-refractivity contribution in [2.75, 3.05) is 7.11 Å². The van der Waals surface area contributed by atoms with Crippen LogP contribution >= 0.6 is 15.9 Å². The van der Waals surface area contributed by atoms with E-state index < -0.39 is 34.0 Å². The van der Waals surface area contributed by atoms with E-state index in [0.29, 0.717) is 4.57 Å². The van der Waals surface area contributed by atoms with Crippen LogP contribution in [0.15, 0.2) is 28.7 Å². The summed E-state index contributed by atoms with van der Waals surface area (Å²) < 4.78 is 32.7. The van der Waals surface area contributed by atoms with Crippen LogP contribution in [0.3, 0.4) is 0 Å². The van der Waals surface area contributed by atoms with Gasteiger partial charge in [-0.3, -0.25) is 14.7 Å². The highest BCUT2D eigenvalue weighted by molar-refractivity contribution is 9.10. The molecule has 6 nitrogen and oxygen atoms in total. The number of halogens is 3. The Labute approximate surface area is 125 Å². The van der Waals surface area contributed by atoms with Gasteiger partial charge >= 0.3 is 11.7 Å². The first-order valence-electron chi connectivity index (χ1n) is 5.46. The van der Waals surface area contributed by atoms with Gasteiger partial charge in [-0.25, -0.2) is 4.79 Å². The molecule has 0 fully saturated rings. The van der Waals surface area contributed by atoms with E-state index in [4.69, 9.17) is 0 Å². The number of nitro groups is 1. The summed E-state index contributed by atoms with van der Waals surface area (Å²) in [6, 6.07) is 4.32. The number of hydrogen-bond donors (Lipinski definition) is 0. The molecule has 0 atom stereocenters. The number of ether oxygens (including phenoxy) is 1. The maximum atomic E-state index is 13.9. The van der Waals surface area contributed by atoms with Crippen LogP contribution < -0.4 is 0 Å². The maximum absolute atomic E-state index is 13.9. The van der Waals surface area contributed by atoms with Crippen molar-refractivity contribution < 1.29 is 23.2 Å². The average Bonchev–Trinajstić information content (AvgIpc) is 2.82. The minimum Gasteiger partial charge on any atom is -0.464 e. The Bertz CT molecular complexity index is 745. The molecule has 2 aromatic rings. The Morgan fingerprint density at radius 2 is 2.00 bits per heavy atom. The molecule has 2 rings (SSSR count). The molecule has 0 saturated carbocycles. The molecule has 0 amide bonds. The van der Waals surface area contributed by atoms with Gasteiger partial charge in [0, 0.05) is 0 Å². The Morgan fingerprint density at radius 1 is 1.33 bits per heavy atom. The van der Waals surface area contributed by atoms with Gasteiger partial charge in [-0.2, -0.15) is 8.78 Å². The fraction of sp³-hybridized carbons (Fsp3) is 0.0833. The molecule has 1 aromatic carbocycles. The molecule has 1 heterocycles. The topological polar surface area (TPSA) is 74.4 Å². The van der Waals surface area contributed by atoms with E-state index in [1.807, 2.05) is 0 Å². The van der Waals surface area contributed by atoms with Crippen LogP contribution in [0, 0.1) is 21.9 Å². The molecule has 1 aromatic heterocycles. The first kappa shape index (κ1) is 15.1. The zero-order chi connectivity index (χ0) is 15.7. The van der Waals surface area contributed by atoms with Gasteiger partial charge in [0.1, 0.15) is 11.4 Å². The van der Waals surface area contributed by atoms with Gasteiger partial charge in [-0.15, -0.1) is 0 Å². The number of methoxy groups -OCH3 is 1. The maximum Gasteiger partial charge on any atom is 0.355 e. The Balaban J connectivity index is 2.80. The number of carbonyl (C=O) groups is 1. The number of benzene rings is 1. The van der Waals surface area contributed by atoms with Gasteiger partial charge in [0.25, 0.3) is 0 Å². The molecule has 0 radical (unpaired) electrons. The lowest BCUT2D eigenvalue weighted by Crippen LogP contribution is -2.12. The molecular weight excluding hydrogens is 354 g/mol. The van der Waals surface area contributed by atoms with Crippen molar-refractivity contribution in [1.82, 2.24) is 4.57 Å². The number of rotatable bonds is 3. The number of nitrogens with zero attached hydrogens (tertiary/aromatic N) is 2. The lowest BCUT2D eigenvalue weighted by Gasteiger charge is -2.10. The predicted octanol–water partition coefficient (Wildman–Crippen LogP) is 3.21.